The summed E-state index contributed by atoms with van der Waals surface area (Å²) in [6, 6.07) is 0. The summed E-state index contributed by atoms with van der Waals surface area (Å²) >= 11 is 0. The third-order valence-corrected chi connectivity index (χ3v) is 2.80. The van der Waals surface area contributed by atoms with Gasteiger partial charge in [0.15, 0.2) is 0 Å². The lowest BCUT2D eigenvalue weighted by atomic mass is 10.3. The smallest absolute Gasteiger partial charge is 0.241 e. The Morgan fingerprint density at radius 1 is 1.22 bits per heavy atom. The average Bonchev–Trinajstić information content (AvgIpc) is 2.52. The molecule has 0 saturated carbocycles. The first-order valence-electron chi connectivity index (χ1n) is 6.35. The summed E-state index contributed by atoms with van der Waals surface area (Å²) in [5, 5.41) is 2.58. The molecule has 1 N–H and O–H groups in total. The highest BCUT2D eigenvalue weighted by atomic mass is 16.5. The van der Waals surface area contributed by atoms with Gasteiger partial charge in [-0.05, 0) is 12.8 Å². The summed E-state index contributed by atoms with van der Waals surface area (Å²) in [4.78, 5) is 24.5. The molecule has 1 aliphatic rings. The number of rotatable bonds is 8. The highest BCUT2D eigenvalue weighted by molar-refractivity contribution is 5.87. The molecule has 104 valence electrons. The summed E-state index contributed by atoms with van der Waals surface area (Å²) in [7, 11) is 1.64. The fraction of sp³-hybridized carbons (Fsp3) is 0.833. The van der Waals surface area contributed by atoms with Crippen LogP contribution in [-0.4, -0.2) is 63.3 Å². The average molecular weight is 258 g/mol. The fourth-order valence-corrected chi connectivity index (χ4v) is 1.72. The number of unbranched alkanes of at least 4 members (excludes halogenated alkanes) is 1. The van der Waals surface area contributed by atoms with Gasteiger partial charge in [0, 0.05) is 33.2 Å². The summed E-state index contributed by atoms with van der Waals surface area (Å²) in [6.45, 7) is 3.25. The van der Waals surface area contributed by atoms with E-state index in [-0.39, 0.29) is 18.4 Å². The molecule has 0 radical (unpaired) electrons. The minimum absolute atomic E-state index is 0.00107. The summed E-state index contributed by atoms with van der Waals surface area (Å²) in [6.07, 6.45) is 2.21. The Morgan fingerprint density at radius 2 is 2.06 bits per heavy atom. The number of nitrogens with one attached hydrogen (secondary N) is 1. The molecule has 1 fully saturated rings. The van der Waals surface area contributed by atoms with Crippen molar-refractivity contribution in [1.29, 1.82) is 0 Å². The van der Waals surface area contributed by atoms with Gasteiger partial charge < -0.3 is 19.7 Å². The van der Waals surface area contributed by atoms with Crippen molar-refractivity contribution >= 4 is 11.8 Å². The lowest BCUT2D eigenvalue weighted by Crippen LogP contribution is -2.35. The number of amides is 2. The lowest BCUT2D eigenvalue weighted by molar-refractivity contribution is -0.130. The third kappa shape index (κ3) is 5.97. The van der Waals surface area contributed by atoms with Crippen LogP contribution in [0.1, 0.15) is 19.3 Å². The van der Waals surface area contributed by atoms with Gasteiger partial charge in [-0.25, -0.2) is 0 Å². The van der Waals surface area contributed by atoms with Crippen LogP contribution >= 0.6 is 0 Å². The number of hydrogen-bond acceptors (Lipinski definition) is 4. The Labute approximate surface area is 108 Å². The SMILES string of the molecule is COCCOCCCCN1CCC(=O)NCC1=O. The Hall–Kier alpha value is -1.14. The van der Waals surface area contributed by atoms with Gasteiger partial charge in [-0.1, -0.05) is 0 Å². The highest BCUT2D eigenvalue weighted by Crippen LogP contribution is 2.01. The molecule has 1 rings (SSSR count). The van der Waals surface area contributed by atoms with E-state index in [0.717, 1.165) is 12.8 Å². The molecule has 0 aliphatic carbocycles. The molecular formula is C12H22N2O4. The van der Waals surface area contributed by atoms with Crippen LogP contribution in [0.2, 0.25) is 0 Å². The van der Waals surface area contributed by atoms with Crippen LogP contribution in [0.15, 0.2) is 0 Å². The molecule has 18 heavy (non-hydrogen) atoms. The number of methoxy groups -OCH3 is 1. The Balaban J connectivity index is 2.07. The van der Waals surface area contributed by atoms with E-state index in [1.165, 1.54) is 0 Å². The summed E-state index contributed by atoms with van der Waals surface area (Å²) in [5.41, 5.74) is 0. The van der Waals surface area contributed by atoms with Crippen molar-refractivity contribution in [2.45, 2.75) is 19.3 Å². The van der Waals surface area contributed by atoms with Gasteiger partial charge in [0.05, 0.1) is 19.8 Å². The van der Waals surface area contributed by atoms with E-state index in [1.54, 1.807) is 12.0 Å². The van der Waals surface area contributed by atoms with Crippen LogP contribution in [0, 0.1) is 0 Å². The molecule has 1 saturated heterocycles. The van der Waals surface area contributed by atoms with Crippen molar-refractivity contribution in [3.63, 3.8) is 0 Å². The summed E-state index contributed by atoms with van der Waals surface area (Å²) < 4.78 is 10.2. The molecular weight excluding hydrogens is 236 g/mol. The van der Waals surface area contributed by atoms with Gasteiger partial charge in [0.1, 0.15) is 0 Å². The second-order valence-corrected chi connectivity index (χ2v) is 4.22. The van der Waals surface area contributed by atoms with Crippen LogP contribution in [-0.2, 0) is 19.1 Å². The van der Waals surface area contributed by atoms with Crippen molar-refractivity contribution in [3.05, 3.63) is 0 Å². The molecule has 6 nitrogen and oxygen atoms in total. The van der Waals surface area contributed by atoms with Crippen LogP contribution in [0.5, 0.6) is 0 Å². The Morgan fingerprint density at radius 3 is 2.83 bits per heavy atom. The van der Waals surface area contributed by atoms with Gasteiger partial charge in [0.2, 0.25) is 11.8 Å². The first-order valence-corrected chi connectivity index (χ1v) is 6.35. The zero-order chi connectivity index (χ0) is 13.2. The van der Waals surface area contributed by atoms with Crippen molar-refractivity contribution in [2.24, 2.45) is 0 Å². The first kappa shape index (κ1) is 14.9. The Kier molecular flexibility index (Phi) is 7.36. The molecule has 0 atom stereocenters. The first-order chi connectivity index (χ1) is 8.74. The van der Waals surface area contributed by atoms with E-state index < -0.39 is 0 Å². The van der Waals surface area contributed by atoms with E-state index in [9.17, 15) is 9.59 Å². The van der Waals surface area contributed by atoms with Crippen molar-refractivity contribution in [3.8, 4) is 0 Å². The van der Waals surface area contributed by atoms with E-state index in [2.05, 4.69) is 5.32 Å². The van der Waals surface area contributed by atoms with Crippen LogP contribution < -0.4 is 5.32 Å². The minimum Gasteiger partial charge on any atom is -0.382 e. The van der Waals surface area contributed by atoms with Gasteiger partial charge >= 0.3 is 0 Å². The molecule has 1 heterocycles. The monoisotopic (exact) mass is 258 g/mol. The molecule has 1 aliphatic heterocycles. The number of ether oxygens (including phenoxy) is 2. The largest absolute Gasteiger partial charge is 0.382 e. The molecule has 0 spiro atoms. The van der Waals surface area contributed by atoms with E-state index in [1.807, 2.05) is 0 Å². The van der Waals surface area contributed by atoms with E-state index >= 15 is 0 Å². The predicted octanol–water partition coefficient (Wildman–Crippen LogP) is -0.222. The predicted molar refractivity (Wildman–Crippen MR) is 66.1 cm³/mol. The second kappa shape index (κ2) is 8.88. The zero-order valence-corrected chi connectivity index (χ0v) is 10.9. The number of carbonyl (C=O) groups is 2. The maximum atomic E-state index is 11.6. The van der Waals surface area contributed by atoms with E-state index in [4.69, 9.17) is 9.47 Å². The topological polar surface area (TPSA) is 67.9 Å². The van der Waals surface area contributed by atoms with Crippen molar-refractivity contribution < 1.29 is 19.1 Å². The second-order valence-electron chi connectivity index (χ2n) is 4.22. The van der Waals surface area contributed by atoms with Gasteiger partial charge in [-0.3, -0.25) is 9.59 Å². The quantitative estimate of drug-likeness (QED) is 0.611. The van der Waals surface area contributed by atoms with Crippen LogP contribution in [0.25, 0.3) is 0 Å². The normalized spacial score (nSPS) is 16.6. The Bertz CT molecular complexity index is 271. The summed E-state index contributed by atoms with van der Waals surface area (Å²) in [5.74, 6) is -0.0464. The minimum atomic E-state index is -0.0475. The molecule has 2 amide bonds. The zero-order valence-electron chi connectivity index (χ0n) is 10.9. The van der Waals surface area contributed by atoms with Gasteiger partial charge in [0.25, 0.3) is 0 Å². The van der Waals surface area contributed by atoms with Crippen LogP contribution in [0.4, 0.5) is 0 Å². The lowest BCUT2D eigenvalue weighted by Gasteiger charge is -2.19. The molecule has 0 unspecified atom stereocenters. The van der Waals surface area contributed by atoms with Crippen molar-refractivity contribution in [1.82, 2.24) is 10.2 Å². The third-order valence-electron chi connectivity index (χ3n) is 2.80. The van der Waals surface area contributed by atoms with Crippen LogP contribution in [0.3, 0.4) is 0 Å². The maximum absolute atomic E-state index is 11.6. The highest BCUT2D eigenvalue weighted by Gasteiger charge is 2.18. The standard InChI is InChI=1S/C12H22N2O4/c1-17-8-9-18-7-3-2-5-14-6-4-11(15)13-10-12(14)16/h2-10H2,1H3,(H,13,15). The van der Waals surface area contributed by atoms with Gasteiger partial charge in [-0.15, -0.1) is 0 Å². The molecule has 6 heteroatoms. The number of hydrogen-bond donors (Lipinski definition) is 1. The number of nitrogens with zero attached hydrogens (tertiary/aromatic N) is 1. The number of carbonyl (C=O) groups excluding carboxylic acids is 2. The van der Waals surface area contributed by atoms with Gasteiger partial charge in [-0.2, -0.15) is 0 Å². The molecule has 0 bridgehead atoms. The molecule has 0 aromatic heterocycles. The fourth-order valence-electron chi connectivity index (χ4n) is 1.72. The van der Waals surface area contributed by atoms with Crippen molar-refractivity contribution in [2.75, 3.05) is 46.6 Å². The van der Waals surface area contributed by atoms with E-state index in [0.29, 0.717) is 39.3 Å². The molecule has 0 aromatic carbocycles. The molecule has 0 aromatic rings. The maximum Gasteiger partial charge on any atom is 0.241 e.